The minimum atomic E-state index is 0.112. The molecule has 1 saturated heterocycles. The van der Waals surface area contributed by atoms with Crippen LogP contribution in [0.2, 0.25) is 0 Å². The van der Waals surface area contributed by atoms with E-state index in [1.165, 1.54) is 11.8 Å². The highest BCUT2D eigenvalue weighted by atomic mass is 32.2. The third kappa shape index (κ3) is 4.16. The summed E-state index contributed by atoms with van der Waals surface area (Å²) in [5.74, 6) is 2.41. The number of nitrogens with zero attached hydrogens (tertiary/aromatic N) is 6. The van der Waals surface area contributed by atoms with E-state index in [0.29, 0.717) is 24.5 Å². The second-order valence-electron chi connectivity index (χ2n) is 8.61. The summed E-state index contributed by atoms with van der Waals surface area (Å²) in [4.78, 5) is 22.1. The number of rotatable bonds is 6. The van der Waals surface area contributed by atoms with Gasteiger partial charge in [-0.25, -0.2) is 4.98 Å². The Kier molecular flexibility index (Phi) is 6.28. The third-order valence-corrected chi connectivity index (χ3v) is 7.07. The Morgan fingerprint density at radius 2 is 1.76 bits per heavy atom. The maximum Gasteiger partial charge on any atom is 0.233 e. The number of para-hydroxylation sites is 4. The Labute approximate surface area is 202 Å². The largest absolute Gasteiger partial charge is 0.495 e. The number of methoxy groups -OCH3 is 1. The van der Waals surface area contributed by atoms with Crippen molar-refractivity contribution < 1.29 is 9.53 Å². The molecule has 176 valence electrons. The normalized spacial score (nSPS) is 14.4. The standard InChI is InChI=1S/C25H28N6O2S/c1-17(2)23-27-28-24-25(26-18-8-4-5-9-19(18)31(23)24)34-16-22(32)30-14-12-29(13-15-30)20-10-6-7-11-21(20)33-3/h4-11,17H,12-16H2,1-3H3. The predicted octanol–water partition coefficient (Wildman–Crippen LogP) is 3.85. The van der Waals surface area contributed by atoms with Crippen LogP contribution in [0.4, 0.5) is 5.69 Å². The lowest BCUT2D eigenvalue weighted by molar-refractivity contribution is -0.128. The molecule has 0 radical (unpaired) electrons. The number of fused-ring (bicyclic) bond motifs is 3. The van der Waals surface area contributed by atoms with Crippen LogP contribution in [-0.4, -0.2) is 69.4 Å². The summed E-state index contributed by atoms with van der Waals surface area (Å²) < 4.78 is 7.57. The first-order chi connectivity index (χ1) is 16.6. The van der Waals surface area contributed by atoms with E-state index in [2.05, 4.69) is 39.4 Å². The first-order valence-electron chi connectivity index (χ1n) is 11.5. The van der Waals surface area contributed by atoms with Crippen LogP contribution in [0, 0.1) is 0 Å². The van der Waals surface area contributed by atoms with E-state index in [1.807, 2.05) is 47.4 Å². The molecule has 0 atom stereocenters. The maximum atomic E-state index is 13.0. The maximum absolute atomic E-state index is 13.0. The number of hydrogen-bond acceptors (Lipinski definition) is 7. The molecule has 0 unspecified atom stereocenters. The number of thioether (sulfide) groups is 1. The van der Waals surface area contributed by atoms with Crippen molar-refractivity contribution in [1.29, 1.82) is 0 Å². The quantitative estimate of drug-likeness (QED) is 0.391. The SMILES string of the molecule is COc1ccccc1N1CCN(C(=O)CSc2nc3ccccc3n3c(C(C)C)nnc23)CC1. The number of benzene rings is 2. The summed E-state index contributed by atoms with van der Waals surface area (Å²) >= 11 is 1.44. The van der Waals surface area contributed by atoms with Crippen LogP contribution >= 0.6 is 11.8 Å². The first-order valence-corrected chi connectivity index (χ1v) is 12.5. The molecule has 0 aliphatic carbocycles. The highest BCUT2D eigenvalue weighted by molar-refractivity contribution is 8.00. The van der Waals surface area contributed by atoms with Crippen molar-refractivity contribution in [3.63, 3.8) is 0 Å². The van der Waals surface area contributed by atoms with Gasteiger partial charge in [0.1, 0.15) is 16.6 Å². The lowest BCUT2D eigenvalue weighted by Crippen LogP contribution is -2.49. The van der Waals surface area contributed by atoms with Crippen LogP contribution in [0.1, 0.15) is 25.6 Å². The van der Waals surface area contributed by atoms with E-state index >= 15 is 0 Å². The van der Waals surface area contributed by atoms with Gasteiger partial charge in [-0.05, 0) is 24.3 Å². The Bertz CT molecular complexity index is 1330. The van der Waals surface area contributed by atoms with Crippen molar-refractivity contribution in [3.05, 3.63) is 54.4 Å². The Morgan fingerprint density at radius 3 is 2.53 bits per heavy atom. The highest BCUT2D eigenvalue weighted by Gasteiger charge is 2.24. The molecule has 1 fully saturated rings. The highest BCUT2D eigenvalue weighted by Crippen LogP contribution is 2.30. The molecule has 0 bridgehead atoms. The van der Waals surface area contributed by atoms with E-state index in [-0.39, 0.29) is 11.8 Å². The van der Waals surface area contributed by atoms with E-state index < -0.39 is 0 Å². The lowest BCUT2D eigenvalue weighted by Gasteiger charge is -2.36. The van der Waals surface area contributed by atoms with Gasteiger partial charge in [-0.1, -0.05) is 49.9 Å². The zero-order valence-corrected chi connectivity index (χ0v) is 20.5. The van der Waals surface area contributed by atoms with Gasteiger partial charge < -0.3 is 14.5 Å². The van der Waals surface area contributed by atoms with Gasteiger partial charge in [-0.2, -0.15) is 0 Å². The summed E-state index contributed by atoms with van der Waals surface area (Å²) in [5, 5.41) is 9.58. The van der Waals surface area contributed by atoms with Crippen molar-refractivity contribution in [3.8, 4) is 5.75 Å². The van der Waals surface area contributed by atoms with Gasteiger partial charge in [0.15, 0.2) is 5.65 Å². The Hall–Kier alpha value is -3.33. The Morgan fingerprint density at radius 1 is 1.03 bits per heavy atom. The summed E-state index contributed by atoms with van der Waals surface area (Å²) in [6, 6.07) is 16.0. The van der Waals surface area contributed by atoms with Crippen LogP contribution in [0.15, 0.2) is 53.6 Å². The van der Waals surface area contributed by atoms with Gasteiger partial charge in [0, 0.05) is 32.1 Å². The smallest absolute Gasteiger partial charge is 0.233 e. The van der Waals surface area contributed by atoms with Gasteiger partial charge in [-0.3, -0.25) is 9.20 Å². The minimum absolute atomic E-state index is 0.112. The van der Waals surface area contributed by atoms with Gasteiger partial charge in [0.2, 0.25) is 5.91 Å². The topological polar surface area (TPSA) is 75.9 Å². The van der Waals surface area contributed by atoms with Gasteiger partial charge in [0.05, 0.1) is 29.6 Å². The average Bonchev–Trinajstić information content (AvgIpc) is 3.33. The molecule has 9 heteroatoms. The second kappa shape index (κ2) is 9.50. The van der Waals surface area contributed by atoms with Gasteiger partial charge in [0.25, 0.3) is 0 Å². The van der Waals surface area contributed by atoms with Crippen molar-refractivity contribution >= 4 is 40.0 Å². The summed E-state index contributed by atoms with van der Waals surface area (Å²) in [7, 11) is 1.69. The molecule has 8 nitrogen and oxygen atoms in total. The minimum Gasteiger partial charge on any atom is -0.495 e. The first kappa shape index (κ1) is 22.5. The molecule has 0 saturated carbocycles. The second-order valence-corrected chi connectivity index (χ2v) is 9.57. The number of ether oxygens (including phenoxy) is 1. The molecule has 0 N–H and O–H groups in total. The molecular weight excluding hydrogens is 448 g/mol. The number of hydrogen-bond donors (Lipinski definition) is 0. The van der Waals surface area contributed by atoms with Gasteiger partial charge in [-0.15, -0.1) is 10.2 Å². The van der Waals surface area contributed by atoms with Crippen LogP contribution in [-0.2, 0) is 4.79 Å². The number of amides is 1. The lowest BCUT2D eigenvalue weighted by atomic mass is 10.2. The molecule has 2 aromatic heterocycles. The van der Waals surface area contributed by atoms with Gasteiger partial charge >= 0.3 is 0 Å². The Balaban J connectivity index is 1.30. The molecule has 1 aliphatic rings. The molecule has 2 aromatic carbocycles. The summed E-state index contributed by atoms with van der Waals surface area (Å²) in [6.45, 7) is 7.12. The molecule has 1 amide bonds. The fourth-order valence-corrected chi connectivity index (χ4v) is 5.23. The predicted molar refractivity (Wildman–Crippen MR) is 135 cm³/mol. The number of anilines is 1. The van der Waals surface area contributed by atoms with Crippen LogP contribution in [0.25, 0.3) is 16.7 Å². The van der Waals surface area contributed by atoms with Crippen molar-refractivity contribution in [2.45, 2.75) is 24.8 Å². The number of carbonyl (C=O) groups excluding carboxylic acids is 1. The fourth-order valence-electron chi connectivity index (χ4n) is 4.36. The van der Waals surface area contributed by atoms with Crippen molar-refractivity contribution in [2.24, 2.45) is 0 Å². The molecule has 5 rings (SSSR count). The number of piperazine rings is 1. The molecular formula is C25H28N6O2S. The number of aromatic nitrogens is 4. The van der Waals surface area contributed by atoms with E-state index in [1.54, 1.807) is 7.11 Å². The van der Waals surface area contributed by atoms with E-state index in [0.717, 1.165) is 46.4 Å². The van der Waals surface area contributed by atoms with E-state index in [4.69, 9.17) is 9.72 Å². The van der Waals surface area contributed by atoms with Crippen LogP contribution in [0.3, 0.4) is 0 Å². The van der Waals surface area contributed by atoms with Crippen molar-refractivity contribution in [2.75, 3.05) is 43.9 Å². The monoisotopic (exact) mass is 476 g/mol. The zero-order valence-electron chi connectivity index (χ0n) is 19.6. The van der Waals surface area contributed by atoms with E-state index in [9.17, 15) is 4.79 Å². The average molecular weight is 477 g/mol. The van der Waals surface area contributed by atoms with Crippen LogP contribution in [0.5, 0.6) is 5.75 Å². The molecule has 1 aliphatic heterocycles. The summed E-state index contributed by atoms with van der Waals surface area (Å²) in [5.41, 5.74) is 3.63. The third-order valence-electron chi connectivity index (χ3n) is 6.13. The summed E-state index contributed by atoms with van der Waals surface area (Å²) in [6.07, 6.45) is 0. The zero-order chi connectivity index (χ0) is 23.7. The van der Waals surface area contributed by atoms with Crippen LogP contribution < -0.4 is 9.64 Å². The molecule has 3 heterocycles. The molecule has 34 heavy (non-hydrogen) atoms. The fraction of sp³-hybridized carbons (Fsp3) is 0.360. The number of carbonyl (C=O) groups is 1. The van der Waals surface area contributed by atoms with Crippen molar-refractivity contribution in [1.82, 2.24) is 24.5 Å². The molecule has 0 spiro atoms. The molecule has 4 aromatic rings.